The molecule has 0 heterocycles. The van der Waals surface area contributed by atoms with Crippen molar-refractivity contribution in [2.45, 2.75) is 29.7 Å². The van der Waals surface area contributed by atoms with Crippen LogP contribution < -0.4 is 5.32 Å². The van der Waals surface area contributed by atoms with Gasteiger partial charge in [0.2, 0.25) is 5.45 Å². The van der Waals surface area contributed by atoms with Crippen LogP contribution in [0.3, 0.4) is 0 Å². The maximum absolute atomic E-state index is 13.6. The van der Waals surface area contributed by atoms with E-state index in [1.165, 1.54) is 0 Å². The van der Waals surface area contributed by atoms with Crippen LogP contribution >= 0.6 is 7.72 Å². The van der Waals surface area contributed by atoms with E-state index in [4.69, 9.17) is 4.99 Å². The fraction of sp³-hybridized carbons (Fsp3) is 0.0926. The molecule has 5 heteroatoms. The molecule has 0 saturated heterocycles. The van der Waals surface area contributed by atoms with E-state index in [9.17, 15) is 9.79 Å². The highest BCUT2D eigenvalue weighted by Gasteiger charge is 2.55. The van der Waals surface area contributed by atoms with E-state index in [1.807, 2.05) is 158 Å². The van der Waals surface area contributed by atoms with E-state index in [0.29, 0.717) is 11.9 Å². The molecular weight excluding hydrogens is 740 g/mol. The van der Waals surface area contributed by atoms with Gasteiger partial charge in [0.15, 0.2) is 5.78 Å². The van der Waals surface area contributed by atoms with Gasteiger partial charge in [-0.3, -0.25) is 5.32 Å². The Hall–Kier alpha value is -6.26. The molecule has 290 valence electrons. The van der Waals surface area contributed by atoms with Gasteiger partial charge in [0.05, 0.1) is 12.0 Å². The van der Waals surface area contributed by atoms with Gasteiger partial charge in [-0.05, 0) is 44.5 Å². The van der Waals surface area contributed by atoms with Gasteiger partial charge >= 0.3 is 7.72 Å². The second kappa shape index (κ2) is 18.1. The van der Waals surface area contributed by atoms with Crippen LogP contribution in [0.4, 0.5) is 0 Å². The zero-order valence-corrected chi connectivity index (χ0v) is 33.8. The van der Waals surface area contributed by atoms with Crippen LogP contribution in [0.25, 0.3) is 0 Å². The van der Waals surface area contributed by atoms with Gasteiger partial charge in [-0.25, -0.2) is 14.8 Å². The van der Waals surface area contributed by atoms with Gasteiger partial charge in [0, 0.05) is 6.42 Å². The van der Waals surface area contributed by atoms with Gasteiger partial charge < -0.3 is 0 Å². The minimum Gasteiger partial charge on any atom is -0.260 e. The van der Waals surface area contributed by atoms with E-state index in [0.717, 1.165) is 44.5 Å². The third-order valence-electron chi connectivity index (χ3n) is 11.2. The SMILES string of the molecule is O[P+](O)(C(Cc1ccccc1)=NC(c1ccccc1)(c1ccccc1)c1ccccc1)C(Cc1ccccc1)NC(c1ccccc1)(c1ccccc1)c1ccccc1. The van der Waals surface area contributed by atoms with Crippen LogP contribution in [0.1, 0.15) is 44.5 Å². The molecule has 0 aliphatic carbocycles. The average molecular weight is 788 g/mol. The molecule has 0 aliphatic rings. The first-order valence-corrected chi connectivity index (χ1v) is 21.9. The summed E-state index contributed by atoms with van der Waals surface area (Å²) in [5.74, 6) is -0.895. The second-order valence-electron chi connectivity index (χ2n) is 14.8. The van der Waals surface area contributed by atoms with Crippen molar-refractivity contribution in [3.05, 3.63) is 287 Å². The Bertz CT molecular complexity index is 2330. The first-order chi connectivity index (χ1) is 29.0. The summed E-state index contributed by atoms with van der Waals surface area (Å²) in [4.78, 5) is 33.1. The molecule has 0 bridgehead atoms. The summed E-state index contributed by atoms with van der Waals surface area (Å²) in [6, 6.07) is 81.8. The van der Waals surface area contributed by atoms with Crippen LogP contribution in [0, 0.1) is 0 Å². The van der Waals surface area contributed by atoms with E-state index < -0.39 is 24.6 Å². The largest absolute Gasteiger partial charge is 0.332 e. The van der Waals surface area contributed by atoms with Crippen molar-refractivity contribution in [2.75, 3.05) is 0 Å². The molecule has 1 atom stereocenters. The smallest absolute Gasteiger partial charge is 0.260 e. The number of hydrogen-bond acceptors (Lipinski definition) is 4. The molecule has 8 aromatic carbocycles. The summed E-state index contributed by atoms with van der Waals surface area (Å²) in [6.07, 6.45) is 0.538. The molecule has 0 aliphatic heterocycles. The fourth-order valence-corrected chi connectivity index (χ4v) is 10.2. The molecule has 0 amide bonds. The van der Waals surface area contributed by atoms with Crippen molar-refractivity contribution >= 4 is 13.2 Å². The summed E-state index contributed by atoms with van der Waals surface area (Å²) in [6.45, 7) is 0. The van der Waals surface area contributed by atoms with Crippen LogP contribution in [0.2, 0.25) is 0 Å². The second-order valence-corrected chi connectivity index (χ2v) is 17.3. The molecule has 4 nitrogen and oxygen atoms in total. The van der Waals surface area contributed by atoms with E-state index in [1.54, 1.807) is 0 Å². The summed E-state index contributed by atoms with van der Waals surface area (Å²) in [7, 11) is -4.27. The van der Waals surface area contributed by atoms with Crippen molar-refractivity contribution in [3.8, 4) is 0 Å². The molecule has 8 aromatic rings. The lowest BCUT2D eigenvalue weighted by Crippen LogP contribution is -2.52. The minimum atomic E-state index is -4.27. The molecule has 0 saturated carbocycles. The van der Waals surface area contributed by atoms with Crippen LogP contribution in [-0.4, -0.2) is 21.0 Å². The molecule has 59 heavy (non-hydrogen) atoms. The predicted octanol–water partition coefficient (Wildman–Crippen LogP) is 11.6. The Labute approximate surface area is 348 Å². The number of hydrogen-bond donors (Lipinski definition) is 3. The highest BCUT2D eigenvalue weighted by atomic mass is 31.2. The molecule has 0 spiro atoms. The van der Waals surface area contributed by atoms with Crippen molar-refractivity contribution in [3.63, 3.8) is 0 Å². The van der Waals surface area contributed by atoms with Gasteiger partial charge in [0.1, 0.15) is 5.54 Å². The molecular formula is C54H48N2O2P+. The Morgan fingerprint density at radius 1 is 0.407 bits per heavy atom. The summed E-state index contributed by atoms with van der Waals surface area (Å²) in [5.41, 5.74) is 5.80. The van der Waals surface area contributed by atoms with Crippen LogP contribution in [0.15, 0.2) is 248 Å². The number of nitrogens with one attached hydrogen (secondary N) is 1. The lowest BCUT2D eigenvalue weighted by molar-refractivity contribution is 0.384. The van der Waals surface area contributed by atoms with Crippen molar-refractivity contribution in [1.82, 2.24) is 5.32 Å². The molecule has 1 unspecified atom stereocenters. The van der Waals surface area contributed by atoms with E-state index >= 15 is 0 Å². The highest BCUT2D eigenvalue weighted by Crippen LogP contribution is 2.60. The Morgan fingerprint density at radius 3 is 1.03 bits per heavy atom. The number of benzene rings is 8. The first kappa shape index (κ1) is 39.6. The van der Waals surface area contributed by atoms with Gasteiger partial charge in [-0.15, -0.1) is 0 Å². The van der Waals surface area contributed by atoms with E-state index in [-0.39, 0.29) is 6.42 Å². The van der Waals surface area contributed by atoms with Crippen molar-refractivity contribution in [2.24, 2.45) is 4.99 Å². The van der Waals surface area contributed by atoms with Crippen LogP contribution in [-0.2, 0) is 23.9 Å². The first-order valence-electron chi connectivity index (χ1n) is 20.1. The Balaban J connectivity index is 1.43. The normalized spacial score (nSPS) is 12.8. The quantitative estimate of drug-likeness (QED) is 0.0551. The molecule has 0 fully saturated rings. The third kappa shape index (κ3) is 8.36. The maximum atomic E-state index is 13.6. The Kier molecular flexibility index (Phi) is 12.1. The van der Waals surface area contributed by atoms with Gasteiger partial charge in [0.25, 0.3) is 0 Å². The molecule has 3 N–H and O–H groups in total. The minimum absolute atomic E-state index is 0.220. The zero-order chi connectivity index (χ0) is 40.4. The average Bonchev–Trinajstić information content (AvgIpc) is 3.31. The van der Waals surface area contributed by atoms with Crippen molar-refractivity contribution in [1.29, 1.82) is 0 Å². The summed E-state index contributed by atoms with van der Waals surface area (Å²) < 4.78 is 0. The molecule has 0 aromatic heterocycles. The summed E-state index contributed by atoms with van der Waals surface area (Å²) in [5, 5.41) is 4.05. The summed E-state index contributed by atoms with van der Waals surface area (Å²) >= 11 is 0. The Morgan fingerprint density at radius 2 is 0.695 bits per heavy atom. The number of aliphatic imine (C=N–C) groups is 1. The topological polar surface area (TPSA) is 64.8 Å². The maximum Gasteiger partial charge on any atom is 0.332 e. The number of nitrogens with zero attached hydrogens (tertiary/aromatic N) is 1. The predicted molar refractivity (Wildman–Crippen MR) is 244 cm³/mol. The lowest BCUT2D eigenvalue weighted by Gasteiger charge is -2.41. The van der Waals surface area contributed by atoms with E-state index in [2.05, 4.69) is 90.2 Å². The van der Waals surface area contributed by atoms with Gasteiger partial charge in [-0.1, -0.05) is 243 Å². The lowest BCUT2D eigenvalue weighted by atomic mass is 9.77. The third-order valence-corrected chi connectivity index (χ3v) is 13.4. The fourth-order valence-electron chi connectivity index (χ4n) is 8.28. The van der Waals surface area contributed by atoms with Gasteiger partial charge in [-0.2, -0.15) is 0 Å². The van der Waals surface area contributed by atoms with Crippen LogP contribution in [0.5, 0.6) is 0 Å². The standard InChI is InChI=1S/C54H48N2O2P/c57-59(58,51(41-43-25-9-1-10-26-43)55-53(45-29-13-3-14-30-45,46-31-15-4-16-32-46)47-33-17-5-18-34-47)52(42-44-27-11-2-12-28-44)56-54(48-35-19-6-20-36-48,49-37-21-7-22-38-49)50-39-23-8-24-40-50/h1-40,51,55,57-58H,41-42H2/q+1. The number of rotatable bonds is 15. The zero-order valence-electron chi connectivity index (χ0n) is 32.9. The highest BCUT2D eigenvalue weighted by molar-refractivity contribution is 7.82. The molecule has 0 radical (unpaired) electrons. The monoisotopic (exact) mass is 787 g/mol. The van der Waals surface area contributed by atoms with Crippen molar-refractivity contribution < 1.29 is 9.79 Å². The molecule has 8 rings (SSSR count).